The summed E-state index contributed by atoms with van der Waals surface area (Å²) in [7, 11) is 4.13. The van der Waals surface area contributed by atoms with E-state index in [4.69, 9.17) is 16.7 Å². The van der Waals surface area contributed by atoms with Gasteiger partial charge in [0.2, 0.25) is 0 Å². The molecule has 0 amide bonds. The first-order chi connectivity index (χ1) is 4.50. The summed E-state index contributed by atoms with van der Waals surface area (Å²) in [5, 5.41) is 8.56. The molecule has 0 fully saturated rings. The van der Waals surface area contributed by atoms with E-state index < -0.39 is 0 Å². The largest absolute Gasteiger partial charge is 1.00 e. The number of hydrogen-bond donors (Lipinski definition) is 1. The van der Waals surface area contributed by atoms with Crippen LogP contribution in [0.5, 0.6) is 0 Å². The van der Waals surface area contributed by atoms with Gasteiger partial charge in [0.15, 0.2) is 5.50 Å². The molecule has 2 nitrogen and oxygen atoms in total. The number of halogens is 2. The van der Waals surface area contributed by atoms with Gasteiger partial charge in [-0.3, -0.25) is 0 Å². The monoisotopic (exact) mass is 201 g/mol. The molecule has 0 aromatic heterocycles. The van der Waals surface area contributed by atoms with Crippen LogP contribution in [0.3, 0.4) is 0 Å². The molecule has 0 aliphatic heterocycles. The highest BCUT2D eigenvalue weighted by Gasteiger charge is 2.19. The van der Waals surface area contributed by atoms with E-state index >= 15 is 0 Å². The third-order valence-corrected chi connectivity index (χ3v) is 2.38. The fourth-order valence-electron chi connectivity index (χ4n) is 0.656. The fourth-order valence-corrected chi connectivity index (χ4v) is 0.754. The van der Waals surface area contributed by atoms with Crippen molar-refractivity contribution in [3.63, 3.8) is 0 Å². The third kappa shape index (κ3) is 5.74. The van der Waals surface area contributed by atoms with E-state index in [1.807, 2.05) is 6.92 Å². The topological polar surface area (TPSA) is 20.2 Å². The Hall–Kier alpha value is 0.500. The molecule has 0 aromatic carbocycles. The predicted molar refractivity (Wildman–Crippen MR) is 44.0 cm³/mol. The highest BCUT2D eigenvalue weighted by atomic mass is 35.5. The van der Waals surface area contributed by atoms with Crippen LogP contribution in [0.1, 0.15) is 13.3 Å². The summed E-state index contributed by atoms with van der Waals surface area (Å²) in [4.78, 5) is 0. The van der Waals surface area contributed by atoms with Gasteiger partial charge >= 0.3 is 0 Å². The SMILES string of the molecule is CC(Cl)[N+](C)(C)CCCO.[Cl-]. The molecule has 1 atom stereocenters. The minimum Gasteiger partial charge on any atom is -1.00 e. The lowest BCUT2D eigenvalue weighted by Gasteiger charge is -2.32. The maximum Gasteiger partial charge on any atom is 0.161 e. The zero-order valence-electron chi connectivity index (χ0n) is 7.35. The van der Waals surface area contributed by atoms with Gasteiger partial charge in [-0.25, -0.2) is 0 Å². The van der Waals surface area contributed by atoms with Crippen molar-refractivity contribution in [2.75, 3.05) is 27.2 Å². The summed E-state index contributed by atoms with van der Waals surface area (Å²) in [6.07, 6.45) is 0.823. The molecule has 0 saturated heterocycles. The Morgan fingerprint density at radius 3 is 2.18 bits per heavy atom. The molecule has 1 unspecified atom stereocenters. The molecule has 1 N–H and O–H groups in total. The lowest BCUT2D eigenvalue weighted by molar-refractivity contribution is -0.900. The van der Waals surface area contributed by atoms with E-state index in [-0.39, 0.29) is 24.5 Å². The maximum absolute atomic E-state index is 8.56. The molecule has 0 rings (SSSR count). The van der Waals surface area contributed by atoms with Crippen LogP contribution in [0.15, 0.2) is 0 Å². The van der Waals surface area contributed by atoms with E-state index in [1.54, 1.807) is 0 Å². The average molecular weight is 202 g/mol. The van der Waals surface area contributed by atoms with Crippen LogP contribution in [0.25, 0.3) is 0 Å². The fraction of sp³-hybridized carbons (Fsp3) is 1.00. The second kappa shape index (κ2) is 6.06. The van der Waals surface area contributed by atoms with E-state index in [9.17, 15) is 0 Å². The number of aliphatic hydroxyl groups excluding tert-OH is 1. The second-order valence-corrected chi connectivity index (χ2v) is 3.79. The molecule has 0 bridgehead atoms. The zero-order chi connectivity index (χ0) is 8.20. The zero-order valence-corrected chi connectivity index (χ0v) is 8.86. The molecular weight excluding hydrogens is 185 g/mol. The number of quaternary nitrogens is 1. The number of hydrogen-bond acceptors (Lipinski definition) is 1. The summed E-state index contributed by atoms with van der Waals surface area (Å²) in [6.45, 7) is 3.16. The first kappa shape index (κ1) is 14.0. The van der Waals surface area contributed by atoms with Crippen LogP contribution in [-0.4, -0.2) is 42.3 Å². The van der Waals surface area contributed by atoms with Crippen LogP contribution in [-0.2, 0) is 0 Å². The van der Waals surface area contributed by atoms with Gasteiger partial charge in [-0.1, -0.05) is 11.6 Å². The van der Waals surface area contributed by atoms with Crippen LogP contribution in [0.2, 0.25) is 0 Å². The molecule has 0 heterocycles. The third-order valence-electron chi connectivity index (χ3n) is 1.86. The number of alkyl halides is 1. The van der Waals surface area contributed by atoms with Gasteiger partial charge in [-0.15, -0.1) is 0 Å². The summed E-state index contributed by atoms with van der Waals surface area (Å²) < 4.78 is 0.766. The maximum atomic E-state index is 8.56. The Morgan fingerprint density at radius 1 is 1.45 bits per heavy atom. The summed E-state index contributed by atoms with van der Waals surface area (Å²) in [5.41, 5.74) is 0.117. The van der Waals surface area contributed by atoms with Gasteiger partial charge in [-0.2, -0.15) is 0 Å². The van der Waals surface area contributed by atoms with Gasteiger partial charge in [-0.05, 0) is 0 Å². The molecule has 0 aliphatic rings. The second-order valence-electron chi connectivity index (χ2n) is 3.15. The van der Waals surface area contributed by atoms with Crippen molar-refractivity contribution in [3.05, 3.63) is 0 Å². The predicted octanol–water partition coefficient (Wildman–Crippen LogP) is -1.97. The Kier molecular flexibility index (Phi) is 7.75. The Balaban J connectivity index is 0. The van der Waals surface area contributed by atoms with Crippen molar-refractivity contribution < 1.29 is 22.0 Å². The van der Waals surface area contributed by atoms with Crippen molar-refractivity contribution in [3.8, 4) is 0 Å². The Morgan fingerprint density at radius 2 is 1.91 bits per heavy atom. The van der Waals surface area contributed by atoms with Gasteiger partial charge in [0.25, 0.3) is 0 Å². The van der Waals surface area contributed by atoms with Crippen molar-refractivity contribution in [1.29, 1.82) is 0 Å². The van der Waals surface area contributed by atoms with Gasteiger partial charge in [0.05, 0.1) is 20.6 Å². The van der Waals surface area contributed by atoms with E-state index in [2.05, 4.69) is 14.1 Å². The highest BCUT2D eigenvalue weighted by molar-refractivity contribution is 6.19. The Bertz CT molecular complexity index is 96.4. The van der Waals surface area contributed by atoms with Crippen molar-refractivity contribution >= 4 is 11.6 Å². The first-order valence-electron chi connectivity index (χ1n) is 3.58. The van der Waals surface area contributed by atoms with Crippen LogP contribution in [0.4, 0.5) is 0 Å². The number of nitrogens with zero attached hydrogens (tertiary/aromatic N) is 1. The molecule has 0 saturated carbocycles. The lowest BCUT2D eigenvalue weighted by Crippen LogP contribution is -3.00. The standard InChI is InChI=1S/C7H17ClNO.ClH/c1-7(8)9(2,3)5-4-6-10;/h7,10H,4-6H2,1-3H3;1H/q+1;/p-1. The number of aliphatic hydroxyl groups is 1. The number of rotatable bonds is 4. The molecular formula is C7H17Cl2NO. The molecule has 4 heteroatoms. The Labute approximate surface area is 80.1 Å². The first-order valence-corrected chi connectivity index (χ1v) is 4.02. The molecule has 0 spiro atoms. The van der Waals surface area contributed by atoms with Crippen LogP contribution < -0.4 is 12.4 Å². The smallest absolute Gasteiger partial charge is 0.161 e. The molecule has 0 aliphatic carbocycles. The molecule has 11 heavy (non-hydrogen) atoms. The normalized spacial score (nSPS) is 13.9. The minimum atomic E-state index is 0. The van der Waals surface area contributed by atoms with Crippen molar-refractivity contribution in [1.82, 2.24) is 0 Å². The molecule has 0 radical (unpaired) electrons. The minimum absolute atomic E-state index is 0. The summed E-state index contributed by atoms with van der Waals surface area (Å²) in [6, 6.07) is 0. The molecule has 70 valence electrons. The van der Waals surface area contributed by atoms with Gasteiger partial charge in [0, 0.05) is 20.0 Å². The van der Waals surface area contributed by atoms with Gasteiger partial charge < -0.3 is 22.0 Å². The quantitative estimate of drug-likeness (QED) is 0.318. The van der Waals surface area contributed by atoms with E-state index in [0.717, 1.165) is 17.4 Å². The van der Waals surface area contributed by atoms with Crippen LogP contribution >= 0.6 is 11.6 Å². The van der Waals surface area contributed by atoms with E-state index in [1.165, 1.54) is 0 Å². The van der Waals surface area contributed by atoms with Crippen LogP contribution in [0, 0.1) is 0 Å². The van der Waals surface area contributed by atoms with Crippen molar-refractivity contribution in [2.45, 2.75) is 18.8 Å². The summed E-state index contributed by atoms with van der Waals surface area (Å²) in [5.74, 6) is 0. The lowest BCUT2D eigenvalue weighted by atomic mass is 10.3. The summed E-state index contributed by atoms with van der Waals surface area (Å²) >= 11 is 5.90. The highest BCUT2D eigenvalue weighted by Crippen LogP contribution is 2.10. The average Bonchev–Trinajstić information content (AvgIpc) is 1.84. The molecule has 0 aromatic rings. The van der Waals surface area contributed by atoms with Gasteiger partial charge in [0.1, 0.15) is 0 Å². The van der Waals surface area contributed by atoms with E-state index in [0.29, 0.717) is 0 Å². The van der Waals surface area contributed by atoms with Crippen molar-refractivity contribution in [2.24, 2.45) is 0 Å².